The lowest BCUT2D eigenvalue weighted by Crippen LogP contribution is -2.52. The molecule has 2 rings (SSSR count). The average molecular weight is 316 g/mol. The van der Waals surface area contributed by atoms with E-state index in [9.17, 15) is 14.4 Å². The molecule has 120 valence electrons. The molecule has 0 aliphatic heterocycles. The summed E-state index contributed by atoms with van der Waals surface area (Å²) in [6.45, 7) is 1.43. The van der Waals surface area contributed by atoms with Gasteiger partial charge in [0.1, 0.15) is 11.7 Å². The zero-order valence-corrected chi connectivity index (χ0v) is 12.3. The van der Waals surface area contributed by atoms with Gasteiger partial charge in [0.25, 0.3) is 11.8 Å². The third-order valence-electron chi connectivity index (χ3n) is 2.94. The summed E-state index contributed by atoms with van der Waals surface area (Å²) in [7, 11) is 0. The van der Waals surface area contributed by atoms with Gasteiger partial charge in [-0.2, -0.15) is 5.10 Å². The number of nitrogens with one attached hydrogen (secondary N) is 4. The predicted molar refractivity (Wildman–Crippen MR) is 81.8 cm³/mol. The van der Waals surface area contributed by atoms with E-state index in [1.165, 1.54) is 6.92 Å². The molecule has 1 aromatic carbocycles. The quantitative estimate of drug-likeness (QED) is 0.502. The van der Waals surface area contributed by atoms with Crippen LogP contribution in [-0.4, -0.2) is 34.1 Å². The molecule has 0 aliphatic carbocycles. The van der Waals surface area contributed by atoms with E-state index in [-0.39, 0.29) is 5.69 Å². The molecule has 9 nitrogen and oxygen atoms in total. The first kappa shape index (κ1) is 16.0. The van der Waals surface area contributed by atoms with E-state index in [0.29, 0.717) is 5.69 Å². The van der Waals surface area contributed by atoms with E-state index >= 15 is 0 Å². The monoisotopic (exact) mass is 316 g/mol. The molecule has 0 bridgehead atoms. The van der Waals surface area contributed by atoms with E-state index in [2.05, 4.69) is 26.4 Å². The summed E-state index contributed by atoms with van der Waals surface area (Å²) in [6, 6.07) is 9.15. The molecule has 0 aliphatic rings. The van der Waals surface area contributed by atoms with E-state index in [0.717, 1.165) is 5.56 Å². The summed E-state index contributed by atoms with van der Waals surface area (Å²) in [5.41, 5.74) is 10.9. The number of carbonyl (C=O) groups is 3. The standard InChI is InChI=1S/C14H16N6O3/c1-8(16-14(15)23)12(21)19-20-13(22)11-7-10(17-18-11)9-5-3-2-4-6-9/h2-8H,1H3,(H,17,18)(H,19,21)(H,20,22)(H3,15,16,23)/t8-/m0/s1. The van der Waals surface area contributed by atoms with Gasteiger partial charge < -0.3 is 11.1 Å². The highest BCUT2D eigenvalue weighted by Crippen LogP contribution is 2.16. The van der Waals surface area contributed by atoms with Gasteiger partial charge in [-0.3, -0.25) is 25.5 Å². The molecule has 0 fully saturated rings. The third kappa shape index (κ3) is 4.30. The molecular weight excluding hydrogens is 300 g/mol. The number of carbonyl (C=O) groups excluding carboxylic acids is 3. The fourth-order valence-corrected chi connectivity index (χ4v) is 1.77. The molecule has 0 saturated carbocycles. The maximum atomic E-state index is 11.9. The van der Waals surface area contributed by atoms with Crippen molar-refractivity contribution in [3.63, 3.8) is 0 Å². The van der Waals surface area contributed by atoms with Gasteiger partial charge in [0.15, 0.2) is 0 Å². The number of benzene rings is 1. The highest BCUT2D eigenvalue weighted by atomic mass is 16.2. The minimum atomic E-state index is -0.880. The molecule has 4 amide bonds. The second-order valence-corrected chi connectivity index (χ2v) is 4.71. The number of hydrogen-bond donors (Lipinski definition) is 5. The lowest BCUT2D eigenvalue weighted by molar-refractivity contribution is -0.123. The minimum absolute atomic E-state index is 0.180. The fraction of sp³-hybridized carbons (Fsp3) is 0.143. The zero-order valence-electron chi connectivity index (χ0n) is 12.3. The molecule has 0 saturated heterocycles. The number of amides is 4. The highest BCUT2D eigenvalue weighted by Gasteiger charge is 2.16. The Balaban J connectivity index is 1.93. The number of primary amides is 1. The average Bonchev–Trinajstić information content (AvgIpc) is 3.02. The first-order chi connectivity index (χ1) is 11.0. The molecule has 23 heavy (non-hydrogen) atoms. The molecule has 1 atom stereocenters. The summed E-state index contributed by atoms with van der Waals surface area (Å²) >= 11 is 0. The van der Waals surface area contributed by atoms with Crippen LogP contribution in [0.1, 0.15) is 17.4 Å². The number of nitrogens with zero attached hydrogens (tertiary/aromatic N) is 1. The SMILES string of the molecule is C[C@H](NC(N)=O)C(=O)NNC(=O)c1cc(-c2ccccc2)n[nH]1. The topological polar surface area (TPSA) is 142 Å². The Bertz CT molecular complexity index is 712. The number of aromatic amines is 1. The zero-order chi connectivity index (χ0) is 16.8. The van der Waals surface area contributed by atoms with Crippen molar-refractivity contribution < 1.29 is 14.4 Å². The molecule has 2 aromatic rings. The number of rotatable bonds is 4. The minimum Gasteiger partial charge on any atom is -0.352 e. The molecule has 1 heterocycles. The third-order valence-corrected chi connectivity index (χ3v) is 2.94. The van der Waals surface area contributed by atoms with E-state index < -0.39 is 23.9 Å². The van der Waals surface area contributed by atoms with Crippen molar-refractivity contribution in [3.05, 3.63) is 42.1 Å². The number of hydrazine groups is 1. The number of H-pyrrole nitrogens is 1. The number of urea groups is 1. The summed E-state index contributed by atoms with van der Waals surface area (Å²) < 4.78 is 0. The first-order valence-electron chi connectivity index (χ1n) is 6.74. The number of aromatic nitrogens is 2. The highest BCUT2D eigenvalue weighted by molar-refractivity contribution is 5.95. The summed E-state index contributed by atoms with van der Waals surface area (Å²) in [4.78, 5) is 34.2. The van der Waals surface area contributed by atoms with Gasteiger partial charge in [-0.15, -0.1) is 0 Å². The Labute approximate surface area is 131 Å². The second kappa shape index (κ2) is 7.07. The predicted octanol–water partition coefficient (Wildman–Crippen LogP) is -0.105. The summed E-state index contributed by atoms with van der Waals surface area (Å²) in [5, 5.41) is 8.81. The van der Waals surface area contributed by atoms with Crippen molar-refractivity contribution >= 4 is 17.8 Å². The van der Waals surface area contributed by atoms with Crippen molar-refractivity contribution in [2.75, 3.05) is 0 Å². The van der Waals surface area contributed by atoms with Crippen molar-refractivity contribution in [2.45, 2.75) is 13.0 Å². The van der Waals surface area contributed by atoms with Crippen LogP contribution in [0.15, 0.2) is 36.4 Å². The van der Waals surface area contributed by atoms with Gasteiger partial charge in [0.05, 0.1) is 5.69 Å². The molecule has 0 unspecified atom stereocenters. The molecule has 0 spiro atoms. The Kier molecular flexibility index (Phi) is 4.92. The van der Waals surface area contributed by atoms with Crippen molar-refractivity contribution in [3.8, 4) is 11.3 Å². The Morgan fingerprint density at radius 1 is 1.17 bits per heavy atom. The van der Waals surface area contributed by atoms with Gasteiger partial charge in [-0.05, 0) is 13.0 Å². The maximum Gasteiger partial charge on any atom is 0.312 e. The molecule has 0 radical (unpaired) electrons. The van der Waals surface area contributed by atoms with Crippen molar-refractivity contribution in [1.29, 1.82) is 0 Å². The van der Waals surface area contributed by atoms with E-state index in [4.69, 9.17) is 5.73 Å². The van der Waals surface area contributed by atoms with Crippen LogP contribution < -0.4 is 21.9 Å². The fourth-order valence-electron chi connectivity index (χ4n) is 1.77. The maximum absolute atomic E-state index is 11.9. The molecule has 1 aromatic heterocycles. The van der Waals surface area contributed by atoms with Gasteiger partial charge in [0, 0.05) is 5.56 Å². The van der Waals surface area contributed by atoms with Crippen LogP contribution in [0, 0.1) is 0 Å². The van der Waals surface area contributed by atoms with E-state index in [1.807, 2.05) is 30.3 Å². The first-order valence-corrected chi connectivity index (χ1v) is 6.74. The largest absolute Gasteiger partial charge is 0.352 e. The lowest BCUT2D eigenvalue weighted by atomic mass is 10.1. The van der Waals surface area contributed by atoms with Crippen LogP contribution in [0.2, 0.25) is 0 Å². The second-order valence-electron chi connectivity index (χ2n) is 4.71. The van der Waals surface area contributed by atoms with Gasteiger partial charge in [-0.25, -0.2) is 4.79 Å². The van der Waals surface area contributed by atoms with Crippen LogP contribution in [0.3, 0.4) is 0 Å². The summed E-state index contributed by atoms with van der Waals surface area (Å²) in [5.74, 6) is -1.18. The van der Waals surface area contributed by atoms with E-state index in [1.54, 1.807) is 6.07 Å². The van der Waals surface area contributed by atoms with Crippen molar-refractivity contribution in [1.82, 2.24) is 26.4 Å². The van der Waals surface area contributed by atoms with Crippen LogP contribution in [-0.2, 0) is 4.79 Å². The van der Waals surface area contributed by atoms with Crippen LogP contribution >= 0.6 is 0 Å². The Morgan fingerprint density at radius 2 is 1.87 bits per heavy atom. The molecular formula is C14H16N6O3. The van der Waals surface area contributed by atoms with Crippen LogP contribution in [0.5, 0.6) is 0 Å². The smallest absolute Gasteiger partial charge is 0.312 e. The Hall–Kier alpha value is -3.36. The van der Waals surface area contributed by atoms with Crippen molar-refractivity contribution in [2.24, 2.45) is 5.73 Å². The number of hydrogen-bond acceptors (Lipinski definition) is 4. The van der Waals surface area contributed by atoms with Crippen LogP contribution in [0.4, 0.5) is 4.79 Å². The molecule has 6 N–H and O–H groups in total. The van der Waals surface area contributed by atoms with Gasteiger partial charge in [0.2, 0.25) is 0 Å². The Morgan fingerprint density at radius 3 is 2.52 bits per heavy atom. The van der Waals surface area contributed by atoms with Gasteiger partial charge in [-0.1, -0.05) is 30.3 Å². The summed E-state index contributed by atoms with van der Waals surface area (Å²) in [6.07, 6.45) is 0. The normalized spacial score (nSPS) is 11.3. The van der Waals surface area contributed by atoms with Gasteiger partial charge >= 0.3 is 6.03 Å². The number of nitrogens with two attached hydrogens (primary N) is 1. The molecule has 9 heteroatoms. The van der Waals surface area contributed by atoms with Crippen LogP contribution in [0.25, 0.3) is 11.3 Å². The lowest BCUT2D eigenvalue weighted by Gasteiger charge is -2.12.